The molecule has 5 nitrogen and oxygen atoms in total. The van der Waals surface area contributed by atoms with E-state index in [4.69, 9.17) is 9.84 Å². The van der Waals surface area contributed by atoms with E-state index < -0.39 is 11.9 Å². The van der Waals surface area contributed by atoms with E-state index in [9.17, 15) is 4.79 Å². The number of rotatable bonds is 3. The summed E-state index contributed by atoms with van der Waals surface area (Å²) < 4.78 is 6.30. The van der Waals surface area contributed by atoms with Crippen molar-refractivity contribution in [3.63, 3.8) is 0 Å². The minimum Gasteiger partial charge on any atom is -0.481 e. The first-order chi connectivity index (χ1) is 8.74. The standard InChI is InChI=1S/C12H12N2O3S/c15-11(16)7-5-17-6-9(7)14-12-13-8-3-1-2-4-10(8)18-12/h1-4,7,9H,5-6H2,(H,13,14)(H,15,16). The Bertz CT molecular complexity index is 550. The fourth-order valence-electron chi connectivity index (χ4n) is 2.03. The molecule has 1 saturated heterocycles. The van der Waals surface area contributed by atoms with Gasteiger partial charge in [0, 0.05) is 0 Å². The van der Waals surface area contributed by atoms with E-state index in [0.29, 0.717) is 6.61 Å². The number of carboxylic acid groups (broad SMARTS) is 1. The fourth-order valence-corrected chi connectivity index (χ4v) is 2.96. The molecule has 1 aromatic heterocycles. The quantitative estimate of drug-likeness (QED) is 0.884. The lowest BCUT2D eigenvalue weighted by Gasteiger charge is -2.14. The summed E-state index contributed by atoms with van der Waals surface area (Å²) in [5, 5.41) is 13.0. The van der Waals surface area contributed by atoms with Crippen LogP contribution in [0.25, 0.3) is 10.2 Å². The molecule has 2 aromatic rings. The molecule has 1 aliphatic rings. The van der Waals surface area contributed by atoms with Crippen LogP contribution in [0.4, 0.5) is 5.13 Å². The number of fused-ring (bicyclic) bond motifs is 1. The third kappa shape index (κ3) is 2.04. The summed E-state index contributed by atoms with van der Waals surface area (Å²) in [6.45, 7) is 0.671. The Balaban J connectivity index is 1.81. The maximum absolute atomic E-state index is 11.0. The highest BCUT2D eigenvalue weighted by molar-refractivity contribution is 7.22. The molecule has 0 radical (unpaired) electrons. The van der Waals surface area contributed by atoms with Gasteiger partial charge in [-0.25, -0.2) is 4.98 Å². The highest BCUT2D eigenvalue weighted by Crippen LogP contribution is 2.28. The Labute approximate surface area is 107 Å². The van der Waals surface area contributed by atoms with Crippen molar-refractivity contribution in [1.29, 1.82) is 0 Å². The summed E-state index contributed by atoms with van der Waals surface area (Å²) in [4.78, 5) is 15.5. The molecule has 2 unspecified atom stereocenters. The fraction of sp³-hybridized carbons (Fsp3) is 0.333. The van der Waals surface area contributed by atoms with Crippen molar-refractivity contribution in [2.75, 3.05) is 18.5 Å². The van der Waals surface area contributed by atoms with E-state index in [0.717, 1.165) is 15.3 Å². The van der Waals surface area contributed by atoms with Gasteiger partial charge in [0.2, 0.25) is 0 Å². The SMILES string of the molecule is O=C(O)C1COCC1Nc1nc2ccccc2s1. The van der Waals surface area contributed by atoms with Gasteiger partial charge in [0.25, 0.3) is 0 Å². The smallest absolute Gasteiger partial charge is 0.311 e. The lowest BCUT2D eigenvalue weighted by Crippen LogP contribution is -2.33. The minimum atomic E-state index is -0.828. The van der Waals surface area contributed by atoms with Crippen molar-refractivity contribution in [3.8, 4) is 0 Å². The summed E-state index contributed by atoms with van der Waals surface area (Å²) in [5.41, 5.74) is 0.927. The maximum Gasteiger partial charge on any atom is 0.311 e. The van der Waals surface area contributed by atoms with Crippen LogP contribution < -0.4 is 5.32 Å². The van der Waals surface area contributed by atoms with Gasteiger partial charge in [0.1, 0.15) is 5.92 Å². The van der Waals surface area contributed by atoms with Crippen LogP contribution in [-0.2, 0) is 9.53 Å². The summed E-state index contributed by atoms with van der Waals surface area (Å²) in [7, 11) is 0. The number of carbonyl (C=O) groups is 1. The van der Waals surface area contributed by atoms with Gasteiger partial charge in [-0.3, -0.25) is 4.79 Å². The predicted octanol–water partition coefficient (Wildman–Crippen LogP) is 1.81. The molecule has 1 aromatic carbocycles. The second-order valence-corrected chi connectivity index (χ2v) is 5.25. The van der Waals surface area contributed by atoms with E-state index in [2.05, 4.69) is 10.3 Å². The summed E-state index contributed by atoms with van der Waals surface area (Å²) in [6.07, 6.45) is 0. The predicted molar refractivity (Wildman–Crippen MR) is 69.0 cm³/mol. The Hall–Kier alpha value is -1.66. The second kappa shape index (κ2) is 4.55. The molecule has 0 aliphatic carbocycles. The number of aliphatic carboxylic acids is 1. The Morgan fingerprint density at radius 1 is 1.44 bits per heavy atom. The molecule has 2 atom stereocenters. The van der Waals surface area contributed by atoms with E-state index >= 15 is 0 Å². The highest BCUT2D eigenvalue weighted by atomic mass is 32.1. The van der Waals surface area contributed by atoms with E-state index in [-0.39, 0.29) is 12.6 Å². The number of anilines is 1. The summed E-state index contributed by atoms with van der Waals surface area (Å²) >= 11 is 1.53. The zero-order chi connectivity index (χ0) is 12.5. The normalized spacial score (nSPS) is 23.3. The van der Waals surface area contributed by atoms with E-state index in [1.54, 1.807) is 0 Å². The molecule has 1 aliphatic heterocycles. The lowest BCUT2D eigenvalue weighted by atomic mass is 10.1. The van der Waals surface area contributed by atoms with Crippen LogP contribution in [0, 0.1) is 5.92 Å². The van der Waals surface area contributed by atoms with Crippen molar-refractivity contribution in [2.45, 2.75) is 6.04 Å². The highest BCUT2D eigenvalue weighted by Gasteiger charge is 2.34. The molecule has 2 N–H and O–H groups in total. The average Bonchev–Trinajstić information content (AvgIpc) is 2.94. The Morgan fingerprint density at radius 3 is 3.06 bits per heavy atom. The molecule has 6 heteroatoms. The number of carboxylic acids is 1. The third-order valence-corrected chi connectivity index (χ3v) is 3.97. The van der Waals surface area contributed by atoms with E-state index in [1.165, 1.54) is 11.3 Å². The van der Waals surface area contributed by atoms with Crippen LogP contribution in [0.2, 0.25) is 0 Å². The van der Waals surface area contributed by atoms with Gasteiger partial charge in [-0.05, 0) is 12.1 Å². The number of aromatic nitrogens is 1. The summed E-state index contributed by atoms with van der Waals surface area (Å²) in [5.74, 6) is -1.33. The molecule has 0 spiro atoms. The molecule has 1 fully saturated rings. The van der Waals surface area contributed by atoms with Gasteiger partial charge in [0.15, 0.2) is 5.13 Å². The third-order valence-electron chi connectivity index (χ3n) is 3.00. The number of hydrogen-bond donors (Lipinski definition) is 2. The first kappa shape index (κ1) is 11.4. The topological polar surface area (TPSA) is 71.5 Å². The molecule has 0 bridgehead atoms. The van der Waals surface area contributed by atoms with Crippen LogP contribution in [0.15, 0.2) is 24.3 Å². The van der Waals surface area contributed by atoms with Crippen LogP contribution in [0.1, 0.15) is 0 Å². The van der Waals surface area contributed by atoms with Crippen molar-refractivity contribution < 1.29 is 14.6 Å². The number of benzene rings is 1. The number of para-hydroxylation sites is 1. The maximum atomic E-state index is 11.0. The monoisotopic (exact) mass is 264 g/mol. The zero-order valence-electron chi connectivity index (χ0n) is 9.50. The Kier molecular flexibility index (Phi) is 2.89. The molecule has 0 amide bonds. The molecular formula is C12H12N2O3S. The lowest BCUT2D eigenvalue weighted by molar-refractivity contribution is -0.141. The minimum absolute atomic E-state index is 0.205. The molecule has 2 heterocycles. The molecule has 94 valence electrons. The van der Waals surface area contributed by atoms with Crippen LogP contribution in [0.3, 0.4) is 0 Å². The molecular weight excluding hydrogens is 252 g/mol. The molecule has 3 rings (SSSR count). The number of hydrogen-bond acceptors (Lipinski definition) is 5. The van der Waals surface area contributed by atoms with Gasteiger partial charge in [-0.2, -0.15) is 0 Å². The molecule has 0 saturated carbocycles. The van der Waals surface area contributed by atoms with Gasteiger partial charge >= 0.3 is 5.97 Å². The van der Waals surface area contributed by atoms with Crippen molar-refractivity contribution in [1.82, 2.24) is 4.98 Å². The summed E-state index contributed by atoms with van der Waals surface area (Å²) in [6, 6.07) is 7.63. The number of ether oxygens (including phenoxy) is 1. The van der Waals surface area contributed by atoms with E-state index in [1.807, 2.05) is 24.3 Å². The van der Waals surface area contributed by atoms with Crippen molar-refractivity contribution in [3.05, 3.63) is 24.3 Å². The zero-order valence-corrected chi connectivity index (χ0v) is 10.3. The largest absolute Gasteiger partial charge is 0.481 e. The van der Waals surface area contributed by atoms with Gasteiger partial charge in [-0.15, -0.1) is 0 Å². The van der Waals surface area contributed by atoms with Crippen LogP contribution >= 0.6 is 11.3 Å². The number of nitrogens with one attached hydrogen (secondary N) is 1. The Morgan fingerprint density at radius 2 is 2.28 bits per heavy atom. The first-order valence-electron chi connectivity index (χ1n) is 5.67. The van der Waals surface area contributed by atoms with Crippen LogP contribution in [-0.4, -0.2) is 35.3 Å². The molecule has 18 heavy (non-hydrogen) atoms. The number of thiazole rings is 1. The second-order valence-electron chi connectivity index (χ2n) is 4.22. The van der Waals surface area contributed by atoms with Crippen molar-refractivity contribution >= 4 is 32.7 Å². The van der Waals surface area contributed by atoms with Crippen molar-refractivity contribution in [2.24, 2.45) is 5.92 Å². The van der Waals surface area contributed by atoms with Gasteiger partial charge in [0.05, 0.1) is 29.5 Å². The van der Waals surface area contributed by atoms with Crippen LogP contribution in [0.5, 0.6) is 0 Å². The number of nitrogens with zero attached hydrogens (tertiary/aromatic N) is 1. The van der Waals surface area contributed by atoms with Gasteiger partial charge < -0.3 is 15.2 Å². The average molecular weight is 264 g/mol. The first-order valence-corrected chi connectivity index (χ1v) is 6.48. The van der Waals surface area contributed by atoms with Gasteiger partial charge in [-0.1, -0.05) is 23.5 Å².